The lowest BCUT2D eigenvalue weighted by Gasteiger charge is -2.27. The molecule has 0 radical (unpaired) electrons. The van der Waals surface area contributed by atoms with Crippen molar-refractivity contribution in [2.75, 3.05) is 43.2 Å². The minimum Gasteiger partial charge on any atom is -0.378 e. The highest BCUT2D eigenvalue weighted by Gasteiger charge is 2.31. The Bertz CT molecular complexity index is 1420. The minimum absolute atomic E-state index is 0.248. The van der Waals surface area contributed by atoms with Crippen LogP contribution in [0, 0.1) is 0 Å². The number of anilines is 2. The molecule has 6 rings (SSSR count). The summed E-state index contributed by atoms with van der Waals surface area (Å²) in [6, 6.07) is 8.81. The first-order chi connectivity index (χ1) is 17.1. The summed E-state index contributed by atoms with van der Waals surface area (Å²) < 4.78 is 7.40. The predicted octanol–water partition coefficient (Wildman–Crippen LogP) is 2.33. The van der Waals surface area contributed by atoms with Crippen molar-refractivity contribution in [2.24, 2.45) is 4.99 Å². The number of aliphatic imine (C=N–C) groups is 1. The average Bonchev–Trinajstić information content (AvgIpc) is 3.48. The van der Waals surface area contributed by atoms with Crippen molar-refractivity contribution in [3.8, 4) is 0 Å². The predicted molar refractivity (Wildman–Crippen MR) is 132 cm³/mol. The molecule has 1 aliphatic carbocycles. The van der Waals surface area contributed by atoms with E-state index in [1.165, 1.54) is 0 Å². The number of aromatic nitrogens is 3. The van der Waals surface area contributed by atoms with Crippen LogP contribution in [0.1, 0.15) is 16.2 Å². The van der Waals surface area contributed by atoms with Gasteiger partial charge in [-0.25, -0.2) is 14.8 Å². The van der Waals surface area contributed by atoms with Crippen LogP contribution in [0.5, 0.6) is 0 Å². The summed E-state index contributed by atoms with van der Waals surface area (Å²) in [5, 5.41) is 2.79. The average molecular weight is 470 g/mol. The molecule has 0 bridgehead atoms. The van der Waals surface area contributed by atoms with Gasteiger partial charge in [-0.2, -0.15) is 4.99 Å². The molecule has 10 nitrogen and oxygen atoms in total. The normalized spacial score (nSPS) is 19.3. The van der Waals surface area contributed by atoms with Crippen molar-refractivity contribution < 1.29 is 14.3 Å². The summed E-state index contributed by atoms with van der Waals surface area (Å²) >= 11 is 0. The SMILES string of the molecule is CN(C(=O)c1nc2c(N3CCOCC3)nccn2c1C1=CC2=NC(=O)NC2C=C1)c1ccccc1. The highest BCUT2D eigenvalue weighted by atomic mass is 16.5. The number of rotatable bonds is 4. The van der Waals surface area contributed by atoms with Crippen molar-refractivity contribution in [1.82, 2.24) is 19.7 Å². The van der Waals surface area contributed by atoms with Gasteiger partial charge in [-0.05, 0) is 18.2 Å². The van der Waals surface area contributed by atoms with Crippen molar-refractivity contribution >= 4 is 40.4 Å². The maximum absolute atomic E-state index is 13.8. The van der Waals surface area contributed by atoms with E-state index in [4.69, 9.17) is 9.72 Å². The lowest BCUT2D eigenvalue weighted by Crippen LogP contribution is -2.37. The maximum Gasteiger partial charge on any atom is 0.342 e. The Morgan fingerprint density at radius 1 is 1.20 bits per heavy atom. The zero-order valence-electron chi connectivity index (χ0n) is 19.1. The third-order valence-electron chi connectivity index (χ3n) is 6.36. The van der Waals surface area contributed by atoms with Crippen molar-refractivity contribution in [2.45, 2.75) is 6.04 Å². The number of benzene rings is 1. The first kappa shape index (κ1) is 21.2. The van der Waals surface area contributed by atoms with Gasteiger partial charge in [-0.3, -0.25) is 9.20 Å². The fourth-order valence-corrected chi connectivity index (χ4v) is 4.56. The van der Waals surface area contributed by atoms with Crippen LogP contribution in [-0.2, 0) is 4.74 Å². The smallest absolute Gasteiger partial charge is 0.342 e. The molecule has 1 saturated heterocycles. The van der Waals surface area contributed by atoms with E-state index >= 15 is 0 Å². The number of nitrogens with one attached hydrogen (secondary N) is 1. The first-order valence-electron chi connectivity index (χ1n) is 11.4. The van der Waals surface area contributed by atoms with Gasteiger partial charge in [0.25, 0.3) is 5.91 Å². The topological polar surface area (TPSA) is 104 Å². The Hall–Kier alpha value is -4.31. The summed E-state index contributed by atoms with van der Waals surface area (Å²) in [4.78, 5) is 42.8. The van der Waals surface area contributed by atoms with E-state index in [9.17, 15) is 9.59 Å². The number of para-hydroxylation sites is 1. The van der Waals surface area contributed by atoms with Crippen LogP contribution in [-0.4, -0.2) is 71.4 Å². The second-order valence-corrected chi connectivity index (χ2v) is 8.48. The van der Waals surface area contributed by atoms with Crippen LogP contribution >= 0.6 is 0 Å². The molecule has 1 fully saturated rings. The number of morpholine rings is 1. The Labute approximate surface area is 201 Å². The fourth-order valence-electron chi connectivity index (χ4n) is 4.56. The molecular formula is C25H23N7O3. The van der Waals surface area contributed by atoms with E-state index in [2.05, 4.69) is 20.2 Å². The number of carbonyl (C=O) groups excluding carboxylic acids is 2. The Kier molecular flexibility index (Phi) is 5.14. The van der Waals surface area contributed by atoms with Gasteiger partial charge in [0.05, 0.1) is 30.7 Å². The van der Waals surface area contributed by atoms with Crippen molar-refractivity contribution in [3.05, 3.63) is 72.3 Å². The molecule has 1 unspecified atom stereocenters. The molecule has 1 atom stereocenters. The highest BCUT2D eigenvalue weighted by Crippen LogP contribution is 2.31. The van der Waals surface area contributed by atoms with Gasteiger partial charge in [0.15, 0.2) is 17.2 Å². The van der Waals surface area contributed by atoms with E-state index in [0.29, 0.717) is 54.9 Å². The van der Waals surface area contributed by atoms with Gasteiger partial charge in [0.2, 0.25) is 0 Å². The molecule has 35 heavy (non-hydrogen) atoms. The van der Waals surface area contributed by atoms with E-state index in [1.807, 2.05) is 59.2 Å². The Balaban J connectivity index is 1.52. The first-order valence-corrected chi connectivity index (χ1v) is 11.4. The Morgan fingerprint density at radius 2 is 2.00 bits per heavy atom. The number of urea groups is 1. The second-order valence-electron chi connectivity index (χ2n) is 8.48. The molecule has 1 N–H and O–H groups in total. The molecule has 10 heteroatoms. The highest BCUT2D eigenvalue weighted by molar-refractivity contribution is 6.18. The summed E-state index contributed by atoms with van der Waals surface area (Å²) in [6.45, 7) is 2.60. The van der Waals surface area contributed by atoms with Gasteiger partial charge in [0, 0.05) is 43.8 Å². The van der Waals surface area contributed by atoms with Crippen LogP contribution < -0.4 is 15.1 Å². The third-order valence-corrected chi connectivity index (χ3v) is 6.36. The van der Waals surface area contributed by atoms with Crippen molar-refractivity contribution in [3.63, 3.8) is 0 Å². The zero-order valence-corrected chi connectivity index (χ0v) is 19.1. The number of amides is 3. The number of imidazole rings is 1. The molecule has 2 aromatic heterocycles. The van der Waals surface area contributed by atoms with Crippen LogP contribution in [0.4, 0.5) is 16.3 Å². The van der Waals surface area contributed by atoms with Crippen molar-refractivity contribution in [1.29, 1.82) is 0 Å². The number of hydrogen-bond donors (Lipinski definition) is 1. The monoisotopic (exact) mass is 469 g/mol. The molecule has 176 valence electrons. The van der Waals surface area contributed by atoms with Crippen LogP contribution in [0.3, 0.4) is 0 Å². The fraction of sp³-hybridized carbons (Fsp3) is 0.240. The van der Waals surface area contributed by atoms with Gasteiger partial charge in [-0.1, -0.05) is 30.4 Å². The maximum atomic E-state index is 13.8. The minimum atomic E-state index is -0.371. The summed E-state index contributed by atoms with van der Waals surface area (Å²) in [7, 11) is 1.73. The van der Waals surface area contributed by atoms with Gasteiger partial charge in [0.1, 0.15) is 0 Å². The van der Waals surface area contributed by atoms with E-state index in [-0.39, 0.29) is 18.0 Å². The lowest BCUT2D eigenvalue weighted by atomic mass is 9.98. The van der Waals surface area contributed by atoms with Gasteiger partial charge < -0.3 is 19.9 Å². The quantitative estimate of drug-likeness (QED) is 0.629. The summed E-state index contributed by atoms with van der Waals surface area (Å²) in [5.41, 5.74) is 3.63. The summed E-state index contributed by atoms with van der Waals surface area (Å²) in [5.74, 6) is 0.452. The van der Waals surface area contributed by atoms with Crippen LogP contribution in [0.2, 0.25) is 0 Å². The molecule has 0 spiro atoms. The molecular weight excluding hydrogens is 446 g/mol. The molecule has 3 aliphatic rings. The Morgan fingerprint density at radius 3 is 2.80 bits per heavy atom. The zero-order chi connectivity index (χ0) is 23.9. The second kappa shape index (κ2) is 8.48. The van der Waals surface area contributed by atoms with Gasteiger partial charge >= 0.3 is 6.03 Å². The molecule has 3 amide bonds. The number of carbonyl (C=O) groups is 2. The van der Waals surface area contributed by atoms with Crippen LogP contribution in [0.25, 0.3) is 11.2 Å². The number of allylic oxidation sites excluding steroid dienone is 2. The van der Waals surface area contributed by atoms with E-state index < -0.39 is 0 Å². The standard InChI is InChI=1S/C25H23N7O3/c1-30(17-5-3-2-4-6-17)24(33)20-21(16-7-8-18-19(15-16)28-25(34)27-18)32-10-9-26-22(23(32)29-20)31-11-13-35-14-12-31/h2-10,15,18H,11-14H2,1H3,(H,27,34). The number of nitrogens with zero attached hydrogens (tertiary/aromatic N) is 6. The lowest BCUT2D eigenvalue weighted by molar-refractivity contribution is 0.0988. The largest absolute Gasteiger partial charge is 0.378 e. The molecule has 3 aromatic rings. The molecule has 4 heterocycles. The number of hydrogen-bond acceptors (Lipinski definition) is 6. The third kappa shape index (κ3) is 3.68. The van der Waals surface area contributed by atoms with Crippen LogP contribution in [0.15, 0.2) is 65.9 Å². The molecule has 0 saturated carbocycles. The van der Waals surface area contributed by atoms with Gasteiger partial charge in [-0.15, -0.1) is 0 Å². The van der Waals surface area contributed by atoms with E-state index in [0.717, 1.165) is 11.3 Å². The number of fused-ring (bicyclic) bond motifs is 2. The summed E-state index contributed by atoms with van der Waals surface area (Å²) in [6.07, 6.45) is 9.12. The molecule has 1 aromatic carbocycles. The van der Waals surface area contributed by atoms with E-state index in [1.54, 1.807) is 18.1 Å². The molecule has 2 aliphatic heterocycles. The number of ether oxygens (including phenoxy) is 1.